The van der Waals surface area contributed by atoms with Gasteiger partial charge in [-0.3, -0.25) is 14.4 Å². The van der Waals surface area contributed by atoms with E-state index in [1.165, 1.54) is 14.2 Å². The third-order valence-corrected chi connectivity index (χ3v) is 14.9. The van der Waals surface area contributed by atoms with Crippen LogP contribution in [0.4, 0.5) is 4.79 Å². The number of carbonyl (C=O) groups excluding carboxylic acids is 4. The molecule has 4 aromatic rings. The minimum Gasteiger partial charge on any atom is -0.469 e. The molecule has 10 atom stereocenters. The fourth-order valence-corrected chi connectivity index (χ4v) is 11.7. The summed E-state index contributed by atoms with van der Waals surface area (Å²) in [4.78, 5) is 74.8. The molecular weight excluding hydrogens is 851 g/mol. The average Bonchev–Trinajstić information content (AvgIpc) is 4.13. The molecular formula is C52H69N7O8. The molecule has 6 heterocycles. The number of aromatic nitrogens is 4. The maximum absolute atomic E-state index is 14.5. The predicted molar refractivity (Wildman–Crippen MR) is 253 cm³/mol. The molecule has 0 bridgehead atoms. The van der Waals surface area contributed by atoms with Gasteiger partial charge in [0.05, 0.1) is 86.8 Å². The van der Waals surface area contributed by atoms with Gasteiger partial charge in [0.1, 0.15) is 17.7 Å². The summed E-state index contributed by atoms with van der Waals surface area (Å²) in [5.74, 6) is 0.409. The Bertz CT molecular complexity index is 2380. The molecule has 2 aromatic heterocycles. The molecule has 15 heteroatoms. The lowest BCUT2D eigenvalue weighted by molar-refractivity contribution is -0.153. The Labute approximate surface area is 394 Å². The first-order valence-corrected chi connectivity index (χ1v) is 24.3. The second kappa shape index (κ2) is 20.4. The number of imidazole rings is 2. The van der Waals surface area contributed by atoms with Crippen LogP contribution in [0.15, 0.2) is 54.9 Å². The number of amides is 3. The maximum Gasteiger partial charge on any atom is 0.407 e. The van der Waals surface area contributed by atoms with Gasteiger partial charge in [-0.05, 0) is 134 Å². The van der Waals surface area contributed by atoms with E-state index in [1.54, 1.807) is 0 Å². The van der Waals surface area contributed by atoms with E-state index >= 15 is 0 Å². The molecule has 8 rings (SSSR count). The normalized spacial score (nSPS) is 28.5. The van der Waals surface area contributed by atoms with Crippen LogP contribution in [0, 0.1) is 24.7 Å². The Morgan fingerprint density at radius 2 is 1.18 bits per heavy atom. The summed E-state index contributed by atoms with van der Waals surface area (Å²) < 4.78 is 22.0. The third-order valence-electron chi connectivity index (χ3n) is 14.9. The van der Waals surface area contributed by atoms with Gasteiger partial charge < -0.3 is 44.0 Å². The van der Waals surface area contributed by atoms with Crippen molar-refractivity contribution in [3.8, 4) is 33.6 Å². The molecule has 360 valence electrons. The van der Waals surface area contributed by atoms with Crippen molar-refractivity contribution < 1.29 is 38.1 Å². The Balaban J connectivity index is 0.953. The highest BCUT2D eigenvalue weighted by molar-refractivity contribution is 5.87. The van der Waals surface area contributed by atoms with Crippen molar-refractivity contribution in [2.45, 2.75) is 161 Å². The van der Waals surface area contributed by atoms with Crippen LogP contribution in [0.3, 0.4) is 0 Å². The number of nitrogens with zero attached hydrogens (tertiary/aromatic N) is 4. The van der Waals surface area contributed by atoms with Gasteiger partial charge in [-0.1, -0.05) is 42.5 Å². The van der Waals surface area contributed by atoms with Crippen LogP contribution in [0.2, 0.25) is 0 Å². The van der Waals surface area contributed by atoms with Crippen LogP contribution in [0.5, 0.6) is 0 Å². The highest BCUT2D eigenvalue weighted by Gasteiger charge is 2.46. The summed E-state index contributed by atoms with van der Waals surface area (Å²) >= 11 is 0. The first-order valence-electron chi connectivity index (χ1n) is 24.3. The second-order valence-electron chi connectivity index (χ2n) is 19.8. The van der Waals surface area contributed by atoms with Crippen molar-refractivity contribution >= 4 is 23.9 Å². The standard InChI is InChI=1S/C52H69N7O8/c1-28-20-37(16-17-40(28)43-27-54-49(56-43)44-18-10-29(2)58(44)50(61)41(25-46(60)64-8)38-21-31(4)66-32(5)22-38)35-12-14-36(15-13-35)42-26-53-48(55-42)45-19-11-30(3)59(45)51(62)47(57-52(63)65-9)39-23-33(6)67-34(7)24-39/h12-17,20,26-27,29-34,38-39,41,44-45,47H,10-11,18-19,21-25H2,1-9H3,(H,53,55)(H,54,56)(H,57,63)/t29-,30-,31+,32+,33+,34+,41-,44-,45-,47-/m0/s1. The minimum absolute atomic E-state index is 0.00704. The van der Waals surface area contributed by atoms with Crippen molar-refractivity contribution in [2.24, 2.45) is 17.8 Å². The lowest BCUT2D eigenvalue weighted by atomic mass is 9.79. The van der Waals surface area contributed by atoms with Gasteiger partial charge in [-0.25, -0.2) is 14.8 Å². The number of esters is 1. The van der Waals surface area contributed by atoms with Gasteiger partial charge >= 0.3 is 12.1 Å². The SMILES string of the molecule is COC(=O)C[C@H](C(=O)N1[C@@H](C)CC[C@H]1c1ncc(-c2ccc(-c3ccc(-c4cnc([C@@H]5CC[C@H](C)N5C(=O)[C@@H](NC(=O)OC)C5C[C@@H](C)O[C@H](C)C5)[nH]4)cc3)cc2C)[nH]1)C1C[C@@H](C)O[C@H](C)C1. The highest BCUT2D eigenvalue weighted by Crippen LogP contribution is 2.42. The van der Waals surface area contributed by atoms with E-state index in [1.807, 2.05) is 49.9 Å². The zero-order valence-electron chi connectivity index (χ0n) is 40.5. The molecule has 15 nitrogen and oxygen atoms in total. The van der Waals surface area contributed by atoms with Gasteiger partial charge in [-0.15, -0.1) is 0 Å². The van der Waals surface area contributed by atoms with Crippen molar-refractivity contribution in [3.63, 3.8) is 0 Å². The van der Waals surface area contributed by atoms with Crippen LogP contribution >= 0.6 is 0 Å². The van der Waals surface area contributed by atoms with E-state index in [0.717, 1.165) is 89.4 Å². The van der Waals surface area contributed by atoms with Gasteiger partial charge in [0.2, 0.25) is 11.8 Å². The van der Waals surface area contributed by atoms with Gasteiger partial charge in [0.25, 0.3) is 0 Å². The van der Waals surface area contributed by atoms with E-state index in [0.29, 0.717) is 12.8 Å². The summed E-state index contributed by atoms with van der Waals surface area (Å²) in [6, 6.07) is 13.5. The maximum atomic E-state index is 14.5. The van der Waals surface area contributed by atoms with E-state index in [9.17, 15) is 19.2 Å². The largest absolute Gasteiger partial charge is 0.469 e. The number of carbonyl (C=O) groups is 4. The number of benzene rings is 2. The number of alkyl carbamates (subject to hydrolysis) is 1. The smallest absolute Gasteiger partial charge is 0.407 e. The molecule has 0 aliphatic carbocycles. The number of likely N-dealkylation sites (tertiary alicyclic amines) is 2. The van der Waals surface area contributed by atoms with Crippen molar-refractivity contribution in [2.75, 3.05) is 14.2 Å². The predicted octanol–water partition coefficient (Wildman–Crippen LogP) is 8.86. The van der Waals surface area contributed by atoms with Crippen LogP contribution in [0.25, 0.3) is 33.6 Å². The summed E-state index contributed by atoms with van der Waals surface area (Å²) in [6.45, 7) is 14.3. The number of hydrogen-bond donors (Lipinski definition) is 3. The van der Waals surface area contributed by atoms with Crippen LogP contribution in [-0.4, -0.2) is 110 Å². The Kier molecular flexibility index (Phi) is 14.6. The molecule has 2 aromatic carbocycles. The average molecular weight is 920 g/mol. The summed E-state index contributed by atoms with van der Waals surface area (Å²) in [7, 11) is 2.70. The van der Waals surface area contributed by atoms with E-state index in [2.05, 4.69) is 78.5 Å². The molecule has 4 fully saturated rings. The van der Waals surface area contributed by atoms with Gasteiger partial charge in [0, 0.05) is 17.6 Å². The first kappa shape index (κ1) is 47.9. The number of nitrogens with one attached hydrogen (secondary N) is 3. The lowest BCUT2D eigenvalue weighted by Gasteiger charge is -2.39. The highest BCUT2D eigenvalue weighted by atomic mass is 16.5. The molecule has 67 heavy (non-hydrogen) atoms. The Morgan fingerprint density at radius 3 is 1.73 bits per heavy atom. The summed E-state index contributed by atoms with van der Waals surface area (Å²) in [5, 5.41) is 2.88. The second-order valence-corrected chi connectivity index (χ2v) is 19.8. The van der Waals surface area contributed by atoms with Crippen molar-refractivity contribution in [3.05, 3.63) is 72.1 Å². The summed E-state index contributed by atoms with van der Waals surface area (Å²) in [5.41, 5.74) is 6.96. The van der Waals surface area contributed by atoms with E-state index in [4.69, 9.17) is 28.9 Å². The number of aryl methyl sites for hydroxylation is 1. The van der Waals surface area contributed by atoms with E-state index < -0.39 is 18.1 Å². The molecule has 0 saturated carbocycles. The number of methoxy groups -OCH3 is 2. The van der Waals surface area contributed by atoms with Crippen molar-refractivity contribution in [1.29, 1.82) is 0 Å². The summed E-state index contributed by atoms with van der Waals surface area (Å²) in [6.07, 6.45) is 9.08. The number of rotatable bonds is 12. The lowest BCUT2D eigenvalue weighted by Crippen LogP contribution is -2.55. The number of ether oxygens (including phenoxy) is 4. The molecule has 4 saturated heterocycles. The number of aromatic amines is 2. The number of hydrogen-bond acceptors (Lipinski definition) is 10. The first-order chi connectivity index (χ1) is 32.1. The molecule has 0 unspecified atom stereocenters. The zero-order chi connectivity index (χ0) is 47.7. The zero-order valence-corrected chi connectivity index (χ0v) is 40.5. The molecule has 0 spiro atoms. The molecule has 3 N–H and O–H groups in total. The molecule has 4 aliphatic rings. The van der Waals surface area contributed by atoms with Crippen molar-refractivity contribution in [1.82, 2.24) is 35.1 Å². The van der Waals surface area contributed by atoms with Crippen LogP contribution in [0.1, 0.15) is 129 Å². The molecule has 4 aliphatic heterocycles. The molecule has 3 amide bonds. The van der Waals surface area contributed by atoms with Gasteiger partial charge in [0.15, 0.2) is 0 Å². The topological polar surface area (TPSA) is 181 Å². The van der Waals surface area contributed by atoms with Crippen LogP contribution in [-0.2, 0) is 33.3 Å². The fourth-order valence-electron chi connectivity index (χ4n) is 11.7. The number of H-pyrrole nitrogens is 2. The minimum atomic E-state index is -0.736. The molecule has 0 radical (unpaired) electrons. The third kappa shape index (κ3) is 10.3. The van der Waals surface area contributed by atoms with E-state index in [-0.39, 0.29) is 84.6 Å². The Hall–Kier alpha value is -5.54. The fraction of sp³-hybridized carbons (Fsp3) is 0.577. The monoisotopic (exact) mass is 920 g/mol. The quantitative estimate of drug-likeness (QED) is 0.116. The van der Waals surface area contributed by atoms with Gasteiger partial charge in [-0.2, -0.15) is 0 Å². The van der Waals surface area contributed by atoms with Crippen LogP contribution < -0.4 is 5.32 Å². The Morgan fingerprint density at radius 1 is 0.672 bits per heavy atom.